The highest BCUT2D eigenvalue weighted by atomic mass is 35.5. The van der Waals surface area contributed by atoms with Crippen molar-refractivity contribution in [1.82, 2.24) is 0 Å². The standard InChI is InChI=1S/C11H17Cl/c1-4-6-7-11(5-2)9-8-10(3)12/h5,8-9H,3-4,6-7H2,1-2H3/b9-8-,11-5-. The quantitative estimate of drug-likeness (QED) is 0.555. The molecule has 0 aromatic rings. The average Bonchev–Trinajstić information content (AvgIpc) is 2.05. The minimum absolute atomic E-state index is 0.589. The molecular weight excluding hydrogens is 168 g/mol. The van der Waals surface area contributed by atoms with E-state index in [9.17, 15) is 0 Å². The molecule has 0 N–H and O–H groups in total. The Bertz CT molecular complexity index is 187. The van der Waals surface area contributed by atoms with E-state index in [1.807, 2.05) is 19.1 Å². The van der Waals surface area contributed by atoms with E-state index in [0.29, 0.717) is 5.03 Å². The molecule has 12 heavy (non-hydrogen) atoms. The Hall–Kier alpha value is -0.490. The number of unbranched alkanes of at least 4 members (excludes halogenated alkanes) is 1. The van der Waals surface area contributed by atoms with E-state index in [-0.39, 0.29) is 0 Å². The topological polar surface area (TPSA) is 0 Å². The van der Waals surface area contributed by atoms with Crippen LogP contribution in [0.1, 0.15) is 33.1 Å². The van der Waals surface area contributed by atoms with Crippen molar-refractivity contribution in [3.8, 4) is 0 Å². The molecule has 0 spiro atoms. The van der Waals surface area contributed by atoms with Crippen LogP contribution in [0.4, 0.5) is 0 Å². The van der Waals surface area contributed by atoms with Crippen LogP contribution in [0, 0.1) is 0 Å². The SMILES string of the molecule is C=C(Cl)/C=C\C(=C/C)CCCC. The summed E-state index contributed by atoms with van der Waals surface area (Å²) in [6.45, 7) is 7.83. The summed E-state index contributed by atoms with van der Waals surface area (Å²) in [5, 5.41) is 0.589. The second kappa shape index (κ2) is 7.17. The predicted molar refractivity (Wildman–Crippen MR) is 57.4 cm³/mol. The molecular formula is C11H17Cl. The number of rotatable bonds is 5. The van der Waals surface area contributed by atoms with Crippen molar-refractivity contribution in [2.24, 2.45) is 0 Å². The normalized spacial score (nSPS) is 12.4. The van der Waals surface area contributed by atoms with Gasteiger partial charge in [0.2, 0.25) is 0 Å². The highest BCUT2D eigenvalue weighted by Crippen LogP contribution is 2.10. The van der Waals surface area contributed by atoms with Gasteiger partial charge in [-0.05, 0) is 25.8 Å². The maximum atomic E-state index is 5.60. The summed E-state index contributed by atoms with van der Waals surface area (Å²) in [6.07, 6.45) is 9.59. The fraction of sp³-hybridized carbons (Fsp3) is 0.455. The lowest BCUT2D eigenvalue weighted by Crippen LogP contribution is -1.78. The van der Waals surface area contributed by atoms with Gasteiger partial charge in [-0.1, -0.05) is 49.2 Å². The Kier molecular flexibility index (Phi) is 6.88. The Morgan fingerprint density at radius 3 is 2.50 bits per heavy atom. The van der Waals surface area contributed by atoms with Gasteiger partial charge in [0.25, 0.3) is 0 Å². The molecule has 0 nitrogen and oxygen atoms in total. The van der Waals surface area contributed by atoms with Gasteiger partial charge in [0.15, 0.2) is 0 Å². The molecule has 0 saturated carbocycles. The van der Waals surface area contributed by atoms with E-state index in [2.05, 4.69) is 19.6 Å². The van der Waals surface area contributed by atoms with Crippen LogP contribution >= 0.6 is 11.6 Å². The third-order valence-corrected chi connectivity index (χ3v) is 1.79. The molecule has 0 aromatic carbocycles. The summed E-state index contributed by atoms with van der Waals surface area (Å²) in [6, 6.07) is 0. The van der Waals surface area contributed by atoms with Gasteiger partial charge in [0, 0.05) is 5.03 Å². The first-order chi connectivity index (χ1) is 5.70. The smallest absolute Gasteiger partial charge is 0.0334 e. The van der Waals surface area contributed by atoms with Gasteiger partial charge < -0.3 is 0 Å². The molecule has 0 aliphatic carbocycles. The van der Waals surface area contributed by atoms with Crippen molar-refractivity contribution in [2.45, 2.75) is 33.1 Å². The second-order valence-electron chi connectivity index (χ2n) is 2.75. The van der Waals surface area contributed by atoms with E-state index in [4.69, 9.17) is 11.6 Å². The van der Waals surface area contributed by atoms with Crippen molar-refractivity contribution in [1.29, 1.82) is 0 Å². The lowest BCUT2D eigenvalue weighted by molar-refractivity contribution is 0.797. The van der Waals surface area contributed by atoms with Crippen LogP contribution in [-0.2, 0) is 0 Å². The Morgan fingerprint density at radius 1 is 1.42 bits per heavy atom. The number of halogens is 1. The summed E-state index contributed by atoms with van der Waals surface area (Å²) < 4.78 is 0. The molecule has 0 unspecified atom stereocenters. The van der Waals surface area contributed by atoms with Crippen molar-refractivity contribution >= 4 is 11.6 Å². The van der Waals surface area contributed by atoms with Crippen LogP contribution in [0.15, 0.2) is 35.4 Å². The van der Waals surface area contributed by atoms with E-state index < -0.39 is 0 Å². The summed E-state index contributed by atoms with van der Waals surface area (Å²) in [5.41, 5.74) is 1.33. The van der Waals surface area contributed by atoms with Crippen LogP contribution in [0.3, 0.4) is 0 Å². The molecule has 0 amide bonds. The third kappa shape index (κ3) is 6.23. The van der Waals surface area contributed by atoms with Gasteiger partial charge in [-0.25, -0.2) is 0 Å². The summed E-state index contributed by atoms with van der Waals surface area (Å²) >= 11 is 5.60. The molecule has 0 bridgehead atoms. The van der Waals surface area contributed by atoms with Crippen molar-refractivity contribution in [2.75, 3.05) is 0 Å². The Morgan fingerprint density at radius 2 is 2.08 bits per heavy atom. The third-order valence-electron chi connectivity index (χ3n) is 1.67. The molecule has 68 valence electrons. The molecule has 0 heterocycles. The molecule has 0 aliphatic rings. The number of allylic oxidation sites excluding steroid dienone is 5. The van der Waals surface area contributed by atoms with Crippen molar-refractivity contribution in [3.05, 3.63) is 35.4 Å². The highest BCUT2D eigenvalue weighted by molar-refractivity contribution is 6.30. The monoisotopic (exact) mass is 184 g/mol. The summed E-state index contributed by atoms with van der Waals surface area (Å²) in [5.74, 6) is 0. The van der Waals surface area contributed by atoms with Gasteiger partial charge in [-0.3, -0.25) is 0 Å². The van der Waals surface area contributed by atoms with Gasteiger partial charge in [-0.15, -0.1) is 0 Å². The Balaban J connectivity index is 3.92. The van der Waals surface area contributed by atoms with Crippen LogP contribution in [0.5, 0.6) is 0 Å². The number of hydrogen-bond acceptors (Lipinski definition) is 0. The first-order valence-electron chi connectivity index (χ1n) is 4.38. The zero-order valence-corrected chi connectivity index (χ0v) is 8.69. The molecule has 0 aromatic heterocycles. The fourth-order valence-electron chi connectivity index (χ4n) is 0.902. The zero-order chi connectivity index (χ0) is 9.40. The van der Waals surface area contributed by atoms with E-state index in [1.165, 1.54) is 18.4 Å². The van der Waals surface area contributed by atoms with Crippen LogP contribution in [0.25, 0.3) is 0 Å². The maximum absolute atomic E-state index is 5.60. The summed E-state index contributed by atoms with van der Waals surface area (Å²) in [4.78, 5) is 0. The minimum atomic E-state index is 0.589. The molecule has 0 saturated heterocycles. The van der Waals surface area contributed by atoms with Gasteiger partial charge in [-0.2, -0.15) is 0 Å². The fourth-order valence-corrected chi connectivity index (χ4v) is 0.965. The van der Waals surface area contributed by atoms with Gasteiger partial charge >= 0.3 is 0 Å². The molecule has 0 radical (unpaired) electrons. The minimum Gasteiger partial charge on any atom is -0.0850 e. The van der Waals surface area contributed by atoms with Gasteiger partial charge in [0.1, 0.15) is 0 Å². The molecule has 0 atom stereocenters. The number of hydrogen-bond donors (Lipinski definition) is 0. The van der Waals surface area contributed by atoms with E-state index in [1.54, 1.807) is 0 Å². The first-order valence-corrected chi connectivity index (χ1v) is 4.76. The van der Waals surface area contributed by atoms with Crippen LogP contribution in [0.2, 0.25) is 0 Å². The van der Waals surface area contributed by atoms with Crippen molar-refractivity contribution < 1.29 is 0 Å². The molecule has 0 fully saturated rings. The van der Waals surface area contributed by atoms with Crippen molar-refractivity contribution in [3.63, 3.8) is 0 Å². The average molecular weight is 185 g/mol. The van der Waals surface area contributed by atoms with Gasteiger partial charge in [0.05, 0.1) is 0 Å². The highest BCUT2D eigenvalue weighted by Gasteiger charge is 1.89. The lowest BCUT2D eigenvalue weighted by Gasteiger charge is -1.98. The molecule has 0 aliphatic heterocycles. The second-order valence-corrected chi connectivity index (χ2v) is 3.23. The van der Waals surface area contributed by atoms with E-state index >= 15 is 0 Å². The largest absolute Gasteiger partial charge is 0.0850 e. The Labute approximate surface area is 80.6 Å². The lowest BCUT2D eigenvalue weighted by atomic mass is 10.1. The predicted octanol–water partition coefficient (Wildman–Crippen LogP) is 4.43. The summed E-state index contributed by atoms with van der Waals surface area (Å²) in [7, 11) is 0. The molecule has 0 rings (SSSR count). The van der Waals surface area contributed by atoms with Crippen LogP contribution < -0.4 is 0 Å². The zero-order valence-electron chi connectivity index (χ0n) is 7.94. The van der Waals surface area contributed by atoms with Crippen LogP contribution in [-0.4, -0.2) is 0 Å². The molecule has 1 heteroatoms. The maximum Gasteiger partial charge on any atom is 0.0334 e. The first kappa shape index (κ1) is 11.5. The van der Waals surface area contributed by atoms with E-state index in [0.717, 1.165) is 6.42 Å².